The zero-order valence-corrected chi connectivity index (χ0v) is 14.2. The Labute approximate surface area is 124 Å². The van der Waals surface area contributed by atoms with Gasteiger partial charge >= 0.3 is 0 Å². The van der Waals surface area contributed by atoms with Crippen molar-refractivity contribution in [2.24, 2.45) is 22.6 Å². The molecule has 108 valence electrons. The maximum atomic E-state index is 5.87. The van der Waals surface area contributed by atoms with Crippen LogP contribution in [0.25, 0.3) is 0 Å². The topological polar surface area (TPSA) is 55.9 Å². The van der Waals surface area contributed by atoms with Crippen molar-refractivity contribution in [3.63, 3.8) is 0 Å². The van der Waals surface area contributed by atoms with Crippen LogP contribution in [0, 0.1) is 16.7 Å². The van der Waals surface area contributed by atoms with E-state index in [-0.39, 0.29) is 16.9 Å². The van der Waals surface area contributed by atoms with E-state index in [1.165, 1.54) is 0 Å². The molecule has 0 saturated heterocycles. The fourth-order valence-corrected chi connectivity index (χ4v) is 3.99. The van der Waals surface area contributed by atoms with E-state index in [0.717, 1.165) is 10.2 Å². The van der Waals surface area contributed by atoms with Crippen LogP contribution in [-0.2, 0) is 0 Å². The molecule has 3 N–H and O–H groups in total. The summed E-state index contributed by atoms with van der Waals surface area (Å²) in [6.07, 6.45) is 1.86. The van der Waals surface area contributed by atoms with Crippen molar-refractivity contribution < 1.29 is 0 Å². The summed E-state index contributed by atoms with van der Waals surface area (Å²) in [6.45, 7) is 13.5. The van der Waals surface area contributed by atoms with Crippen molar-refractivity contribution in [3.8, 4) is 0 Å². The summed E-state index contributed by atoms with van der Waals surface area (Å²) in [5.41, 5.74) is 4.72. The van der Waals surface area contributed by atoms with Gasteiger partial charge in [0.15, 0.2) is 0 Å². The Morgan fingerprint density at radius 2 is 1.84 bits per heavy atom. The molecule has 1 aliphatic carbocycles. The molecule has 1 aromatic rings. The smallest absolute Gasteiger partial charge is 0.0715 e. The third-order valence-electron chi connectivity index (χ3n) is 5.22. The molecule has 19 heavy (non-hydrogen) atoms. The van der Waals surface area contributed by atoms with E-state index in [9.17, 15) is 0 Å². The number of nitrogens with one attached hydrogen (secondary N) is 1. The molecule has 0 spiro atoms. The number of hydrogen-bond donors (Lipinski definition) is 2. The highest BCUT2D eigenvalue weighted by Gasteiger charge is 2.67. The van der Waals surface area contributed by atoms with Crippen molar-refractivity contribution in [3.05, 3.63) is 16.4 Å². The van der Waals surface area contributed by atoms with Gasteiger partial charge in [0.25, 0.3) is 0 Å². The summed E-state index contributed by atoms with van der Waals surface area (Å²) in [7, 11) is 0. The second-order valence-electron chi connectivity index (χ2n) is 6.98. The fourth-order valence-electron chi connectivity index (χ4n) is 3.47. The summed E-state index contributed by atoms with van der Waals surface area (Å²) in [5.74, 6) is 6.37. The lowest BCUT2D eigenvalue weighted by Crippen LogP contribution is -2.33. The first-order valence-corrected chi connectivity index (χ1v) is 7.64. The maximum Gasteiger partial charge on any atom is 0.0715 e. The lowest BCUT2D eigenvalue weighted by molar-refractivity contribution is 0.373. The monoisotopic (exact) mass is 328 g/mol. The normalized spacial score (nSPS) is 22.8. The average molecular weight is 329 g/mol. The van der Waals surface area contributed by atoms with Crippen LogP contribution in [-0.4, -0.2) is 9.78 Å². The van der Waals surface area contributed by atoms with Crippen LogP contribution in [0.5, 0.6) is 0 Å². The lowest BCUT2D eigenvalue weighted by atomic mass is 10.0. The third kappa shape index (κ3) is 2.06. The second kappa shape index (κ2) is 4.57. The summed E-state index contributed by atoms with van der Waals surface area (Å²) < 4.78 is 3.08. The molecular formula is C14H25BrN4. The van der Waals surface area contributed by atoms with Gasteiger partial charge in [-0.1, -0.05) is 27.7 Å². The van der Waals surface area contributed by atoms with E-state index in [2.05, 4.69) is 72.7 Å². The van der Waals surface area contributed by atoms with E-state index >= 15 is 0 Å². The van der Waals surface area contributed by atoms with E-state index in [4.69, 9.17) is 5.84 Å². The van der Waals surface area contributed by atoms with Crippen LogP contribution >= 0.6 is 15.9 Å². The Hall–Kier alpha value is -0.390. The maximum absolute atomic E-state index is 5.87. The van der Waals surface area contributed by atoms with Gasteiger partial charge in [0.2, 0.25) is 0 Å². The molecule has 0 radical (unpaired) electrons. The molecule has 0 aliphatic heterocycles. The van der Waals surface area contributed by atoms with E-state index in [1.807, 2.05) is 6.20 Å². The van der Waals surface area contributed by atoms with Crippen molar-refractivity contribution in [2.45, 2.75) is 53.6 Å². The second-order valence-corrected chi connectivity index (χ2v) is 7.84. The number of rotatable bonds is 4. The molecule has 2 rings (SSSR count). The molecule has 0 bridgehead atoms. The molecule has 5 heteroatoms. The van der Waals surface area contributed by atoms with Crippen LogP contribution in [0.3, 0.4) is 0 Å². The van der Waals surface area contributed by atoms with Crippen LogP contribution < -0.4 is 11.3 Å². The summed E-state index contributed by atoms with van der Waals surface area (Å²) >= 11 is 3.62. The van der Waals surface area contributed by atoms with Gasteiger partial charge in [-0.25, -0.2) is 0 Å². The Kier molecular flexibility index (Phi) is 3.61. The lowest BCUT2D eigenvalue weighted by Gasteiger charge is -2.22. The highest BCUT2D eigenvalue weighted by molar-refractivity contribution is 9.10. The standard InChI is InChI=1S/C14H25BrN4/c1-8(2)19-11(9(15)7-17-19)10(18-16)12-13(3,4)14(12,5)6/h7-8,10,12,18H,16H2,1-6H3. The highest BCUT2D eigenvalue weighted by Crippen LogP contribution is 2.72. The molecule has 1 atom stereocenters. The zero-order valence-electron chi connectivity index (χ0n) is 12.7. The van der Waals surface area contributed by atoms with Gasteiger partial charge < -0.3 is 0 Å². The number of nitrogens with zero attached hydrogens (tertiary/aromatic N) is 2. The first-order valence-electron chi connectivity index (χ1n) is 6.85. The number of hydrazine groups is 1. The van der Waals surface area contributed by atoms with Crippen molar-refractivity contribution in [1.29, 1.82) is 0 Å². The quantitative estimate of drug-likeness (QED) is 0.657. The Morgan fingerprint density at radius 3 is 2.21 bits per heavy atom. The van der Waals surface area contributed by atoms with Crippen LogP contribution in [0.4, 0.5) is 0 Å². The molecule has 1 aromatic heterocycles. The predicted octanol–water partition coefficient (Wildman–Crippen LogP) is 3.41. The Balaban J connectivity index is 2.43. The van der Waals surface area contributed by atoms with Gasteiger partial charge in [-0.05, 0) is 46.5 Å². The predicted molar refractivity (Wildman–Crippen MR) is 81.4 cm³/mol. The number of hydrogen-bond acceptors (Lipinski definition) is 3. The summed E-state index contributed by atoms with van der Waals surface area (Å²) in [5, 5.41) is 4.46. The molecular weight excluding hydrogens is 304 g/mol. The summed E-state index contributed by atoms with van der Waals surface area (Å²) in [4.78, 5) is 0. The van der Waals surface area contributed by atoms with Gasteiger partial charge in [-0.3, -0.25) is 16.0 Å². The minimum atomic E-state index is 0.115. The van der Waals surface area contributed by atoms with Crippen LogP contribution in [0.1, 0.15) is 59.3 Å². The SMILES string of the molecule is CC(C)n1ncc(Br)c1C(NN)C1C(C)(C)C1(C)C. The largest absolute Gasteiger partial charge is 0.271 e. The zero-order chi connectivity index (χ0) is 14.6. The van der Waals surface area contributed by atoms with Crippen LogP contribution in [0.2, 0.25) is 0 Å². The molecule has 1 saturated carbocycles. The third-order valence-corrected chi connectivity index (χ3v) is 5.83. The van der Waals surface area contributed by atoms with Crippen molar-refractivity contribution in [1.82, 2.24) is 15.2 Å². The molecule has 4 nitrogen and oxygen atoms in total. The molecule has 1 heterocycles. The Bertz CT molecular complexity index is 462. The fraction of sp³-hybridized carbons (Fsp3) is 0.786. The Morgan fingerprint density at radius 1 is 1.32 bits per heavy atom. The molecule has 0 aromatic carbocycles. The average Bonchev–Trinajstić information content (AvgIpc) is 2.62. The molecule has 1 unspecified atom stereocenters. The van der Waals surface area contributed by atoms with E-state index in [1.54, 1.807) is 0 Å². The first-order chi connectivity index (χ1) is 8.66. The van der Waals surface area contributed by atoms with Gasteiger partial charge in [-0.2, -0.15) is 5.10 Å². The highest BCUT2D eigenvalue weighted by atomic mass is 79.9. The molecule has 1 aliphatic rings. The van der Waals surface area contributed by atoms with Gasteiger partial charge in [0, 0.05) is 6.04 Å². The molecule has 1 fully saturated rings. The van der Waals surface area contributed by atoms with Crippen LogP contribution in [0.15, 0.2) is 10.7 Å². The van der Waals surface area contributed by atoms with Crippen molar-refractivity contribution in [2.75, 3.05) is 0 Å². The minimum absolute atomic E-state index is 0.115. The van der Waals surface area contributed by atoms with Gasteiger partial charge in [0.1, 0.15) is 0 Å². The summed E-state index contributed by atoms with van der Waals surface area (Å²) in [6, 6.07) is 0.436. The first kappa shape index (κ1) is 15.0. The van der Waals surface area contributed by atoms with Gasteiger partial charge in [0.05, 0.1) is 22.4 Å². The number of aromatic nitrogens is 2. The minimum Gasteiger partial charge on any atom is -0.271 e. The van der Waals surface area contributed by atoms with E-state index in [0.29, 0.717) is 12.0 Å². The molecule has 0 amide bonds. The van der Waals surface area contributed by atoms with E-state index < -0.39 is 0 Å². The number of nitrogens with two attached hydrogens (primary N) is 1. The number of halogens is 1. The van der Waals surface area contributed by atoms with Crippen molar-refractivity contribution >= 4 is 15.9 Å². The van der Waals surface area contributed by atoms with Gasteiger partial charge in [-0.15, -0.1) is 0 Å².